The second-order valence-corrected chi connectivity index (χ2v) is 8.87. The highest BCUT2D eigenvalue weighted by atomic mass is 16.3. The Morgan fingerprint density at radius 1 is 0.656 bits per heavy atom. The summed E-state index contributed by atoms with van der Waals surface area (Å²) < 4.78 is 0. The van der Waals surface area contributed by atoms with Gasteiger partial charge in [-0.15, -0.1) is 0 Å². The number of benzene rings is 3. The van der Waals surface area contributed by atoms with E-state index in [2.05, 4.69) is 21.9 Å². The molecule has 32 heavy (non-hydrogen) atoms. The molecule has 1 N–H and O–H groups in total. The molecule has 3 aromatic rings. The van der Waals surface area contributed by atoms with Gasteiger partial charge in [-0.2, -0.15) is 0 Å². The van der Waals surface area contributed by atoms with Crippen molar-refractivity contribution in [2.75, 3.05) is 36.0 Å². The Bertz CT molecular complexity index is 1170. The number of carbonyl (C=O) groups is 2. The molecule has 0 spiro atoms. The Morgan fingerprint density at radius 3 is 1.59 bits per heavy atom. The minimum atomic E-state index is -0.241. The Labute approximate surface area is 186 Å². The van der Waals surface area contributed by atoms with Crippen molar-refractivity contribution in [2.45, 2.75) is 26.0 Å². The van der Waals surface area contributed by atoms with E-state index in [4.69, 9.17) is 0 Å². The topological polar surface area (TPSA) is 64.1 Å². The first kappa shape index (κ1) is 19.3. The van der Waals surface area contributed by atoms with Gasteiger partial charge in [0, 0.05) is 59.5 Å². The van der Waals surface area contributed by atoms with Gasteiger partial charge in [0.25, 0.3) is 11.8 Å². The van der Waals surface area contributed by atoms with Crippen molar-refractivity contribution in [1.29, 1.82) is 0 Å². The van der Waals surface area contributed by atoms with Crippen LogP contribution < -0.4 is 9.80 Å². The number of rotatable bonds is 5. The number of imide groups is 1. The summed E-state index contributed by atoms with van der Waals surface area (Å²) in [6, 6.07) is 15.3. The van der Waals surface area contributed by atoms with Gasteiger partial charge in [0.2, 0.25) is 0 Å². The summed E-state index contributed by atoms with van der Waals surface area (Å²) in [7, 11) is 0. The molecule has 2 fully saturated rings. The minimum absolute atomic E-state index is 0.0318. The molecule has 6 heteroatoms. The van der Waals surface area contributed by atoms with Crippen molar-refractivity contribution in [3.8, 4) is 0 Å². The summed E-state index contributed by atoms with van der Waals surface area (Å²) in [6.45, 7) is 4.22. The normalized spacial score (nSPS) is 17.6. The summed E-state index contributed by atoms with van der Waals surface area (Å²) in [5.74, 6) is -0.482. The molecule has 6 rings (SSSR count). The quantitative estimate of drug-likeness (QED) is 0.631. The summed E-state index contributed by atoms with van der Waals surface area (Å²) in [5.41, 5.74) is 5.14. The zero-order chi connectivity index (χ0) is 21.8. The zero-order valence-electron chi connectivity index (χ0n) is 17.9. The van der Waals surface area contributed by atoms with Gasteiger partial charge < -0.3 is 14.9 Å². The molecule has 0 bridgehead atoms. The molecule has 6 nitrogen and oxygen atoms in total. The van der Waals surface area contributed by atoms with Crippen LogP contribution in [0, 0.1) is 0 Å². The first-order valence-corrected chi connectivity index (χ1v) is 11.3. The second kappa shape index (κ2) is 7.35. The van der Waals surface area contributed by atoms with E-state index in [1.807, 2.05) is 36.4 Å². The van der Waals surface area contributed by atoms with Crippen LogP contribution in [-0.2, 0) is 13.2 Å². The van der Waals surface area contributed by atoms with Crippen molar-refractivity contribution in [1.82, 2.24) is 4.90 Å². The third-order valence-corrected chi connectivity index (χ3v) is 7.01. The molecule has 0 aliphatic carbocycles. The van der Waals surface area contributed by atoms with Crippen LogP contribution in [0.15, 0.2) is 48.5 Å². The van der Waals surface area contributed by atoms with E-state index in [-0.39, 0.29) is 25.0 Å². The van der Waals surface area contributed by atoms with Gasteiger partial charge in [0.15, 0.2) is 0 Å². The van der Waals surface area contributed by atoms with Gasteiger partial charge in [0.05, 0.1) is 13.2 Å². The molecule has 0 unspecified atom stereocenters. The number of aliphatic hydroxyl groups excluding tert-OH is 1. The summed E-state index contributed by atoms with van der Waals surface area (Å²) in [5, 5.41) is 11.1. The molecular formula is C26H25N3O3. The Hall–Kier alpha value is -3.38. The molecule has 3 aliphatic heterocycles. The van der Waals surface area contributed by atoms with Crippen molar-refractivity contribution in [3.05, 3.63) is 70.8 Å². The monoisotopic (exact) mass is 427 g/mol. The predicted octanol–water partition coefficient (Wildman–Crippen LogP) is 3.55. The van der Waals surface area contributed by atoms with Gasteiger partial charge in [-0.3, -0.25) is 14.5 Å². The molecule has 162 valence electrons. The molecule has 3 aromatic carbocycles. The van der Waals surface area contributed by atoms with Crippen LogP contribution in [0.2, 0.25) is 0 Å². The van der Waals surface area contributed by atoms with Crippen LogP contribution in [0.5, 0.6) is 0 Å². The van der Waals surface area contributed by atoms with Crippen LogP contribution >= 0.6 is 0 Å². The van der Waals surface area contributed by atoms with Crippen molar-refractivity contribution < 1.29 is 14.7 Å². The zero-order valence-corrected chi connectivity index (χ0v) is 17.9. The molecule has 3 heterocycles. The number of hydrogen-bond acceptors (Lipinski definition) is 5. The highest BCUT2D eigenvalue weighted by Gasteiger charge is 2.36. The van der Waals surface area contributed by atoms with Gasteiger partial charge >= 0.3 is 0 Å². The van der Waals surface area contributed by atoms with Crippen LogP contribution in [0.1, 0.15) is 44.7 Å². The van der Waals surface area contributed by atoms with E-state index in [0.29, 0.717) is 11.1 Å². The minimum Gasteiger partial charge on any atom is -0.392 e. The lowest BCUT2D eigenvalue weighted by molar-refractivity contribution is 0.0598. The lowest BCUT2D eigenvalue weighted by Gasteiger charge is -2.39. The Balaban J connectivity index is 1.47. The van der Waals surface area contributed by atoms with E-state index in [9.17, 15) is 14.7 Å². The van der Waals surface area contributed by atoms with E-state index < -0.39 is 0 Å². The number of hydrogen-bond donors (Lipinski definition) is 1. The lowest BCUT2D eigenvalue weighted by atomic mass is 9.90. The SMILES string of the molecule is O=C1c2ccc(N3CCC3)c3c(N4CCC4)ccc(c23)C(=O)N1Cc1ccc(CO)cc1. The van der Waals surface area contributed by atoms with Crippen LogP contribution in [0.4, 0.5) is 11.4 Å². The first-order chi connectivity index (χ1) is 15.7. The average molecular weight is 428 g/mol. The number of aliphatic hydroxyl groups is 1. The standard InChI is InChI=1S/C26H25N3O3/c30-16-18-5-3-17(4-6-18)15-29-25(31)19-7-9-21(27-11-1-12-27)24-22(28-13-2-14-28)10-8-20(23(19)24)26(29)32/h3-10,30H,1-2,11-16H2. The smallest absolute Gasteiger partial charge is 0.261 e. The summed E-state index contributed by atoms with van der Waals surface area (Å²) in [4.78, 5) is 33.0. The van der Waals surface area contributed by atoms with Gasteiger partial charge in [-0.05, 0) is 48.2 Å². The Kier molecular flexibility index (Phi) is 4.43. The van der Waals surface area contributed by atoms with E-state index in [0.717, 1.165) is 59.5 Å². The fourth-order valence-corrected chi connectivity index (χ4v) is 4.92. The molecular weight excluding hydrogens is 402 g/mol. The predicted molar refractivity (Wildman–Crippen MR) is 124 cm³/mol. The molecule has 0 atom stereocenters. The lowest BCUT2D eigenvalue weighted by Crippen LogP contribution is -2.42. The van der Waals surface area contributed by atoms with E-state index in [1.165, 1.54) is 17.7 Å². The first-order valence-electron chi connectivity index (χ1n) is 11.3. The fraction of sp³-hybridized carbons (Fsp3) is 0.308. The van der Waals surface area contributed by atoms with Gasteiger partial charge in [-0.1, -0.05) is 24.3 Å². The number of anilines is 2. The largest absolute Gasteiger partial charge is 0.392 e. The maximum Gasteiger partial charge on any atom is 0.261 e. The van der Waals surface area contributed by atoms with Crippen molar-refractivity contribution in [2.24, 2.45) is 0 Å². The highest BCUT2D eigenvalue weighted by Crippen LogP contribution is 2.43. The molecule has 0 aromatic heterocycles. The molecule has 0 saturated carbocycles. The molecule has 2 amide bonds. The number of amides is 2. The van der Waals surface area contributed by atoms with Crippen LogP contribution in [-0.4, -0.2) is 48.0 Å². The maximum absolute atomic E-state index is 13.5. The third kappa shape index (κ3) is 2.83. The van der Waals surface area contributed by atoms with Crippen molar-refractivity contribution >= 4 is 34.0 Å². The fourth-order valence-electron chi connectivity index (χ4n) is 4.92. The van der Waals surface area contributed by atoms with E-state index in [1.54, 1.807) is 0 Å². The second-order valence-electron chi connectivity index (χ2n) is 8.87. The summed E-state index contributed by atoms with van der Waals surface area (Å²) in [6.07, 6.45) is 2.34. The highest BCUT2D eigenvalue weighted by molar-refractivity contribution is 6.28. The number of nitrogens with zero attached hydrogens (tertiary/aromatic N) is 3. The molecule has 0 radical (unpaired) electrons. The molecule has 2 saturated heterocycles. The third-order valence-electron chi connectivity index (χ3n) is 7.01. The molecule has 3 aliphatic rings. The van der Waals surface area contributed by atoms with Crippen molar-refractivity contribution in [3.63, 3.8) is 0 Å². The maximum atomic E-state index is 13.5. The van der Waals surface area contributed by atoms with Gasteiger partial charge in [-0.25, -0.2) is 0 Å². The summed E-state index contributed by atoms with van der Waals surface area (Å²) >= 11 is 0. The van der Waals surface area contributed by atoms with Crippen LogP contribution in [0.25, 0.3) is 10.8 Å². The average Bonchev–Trinajstić information content (AvgIpc) is 2.74. The van der Waals surface area contributed by atoms with Crippen LogP contribution in [0.3, 0.4) is 0 Å². The number of carbonyl (C=O) groups excluding carboxylic acids is 2. The van der Waals surface area contributed by atoms with Gasteiger partial charge in [0.1, 0.15) is 0 Å². The Morgan fingerprint density at radius 2 is 1.16 bits per heavy atom. The van der Waals surface area contributed by atoms with E-state index >= 15 is 0 Å².